The number of aromatic nitrogens is 1. The van der Waals surface area contributed by atoms with Gasteiger partial charge in [0.2, 0.25) is 0 Å². The van der Waals surface area contributed by atoms with Crippen LogP contribution in [0.5, 0.6) is 0 Å². The number of nitrogens with zero attached hydrogens (tertiary/aromatic N) is 1. The van der Waals surface area contributed by atoms with Crippen molar-refractivity contribution in [3.8, 4) is 11.1 Å². The van der Waals surface area contributed by atoms with Crippen molar-refractivity contribution in [3.63, 3.8) is 0 Å². The van der Waals surface area contributed by atoms with Gasteiger partial charge in [-0.25, -0.2) is 0 Å². The van der Waals surface area contributed by atoms with Crippen molar-refractivity contribution < 1.29 is 23.1 Å². The van der Waals surface area contributed by atoms with Crippen molar-refractivity contribution >= 4 is 5.91 Å². The van der Waals surface area contributed by atoms with Gasteiger partial charge in [0.15, 0.2) is 0 Å². The first-order valence-electron chi connectivity index (χ1n) is 9.00. The van der Waals surface area contributed by atoms with Gasteiger partial charge in [0, 0.05) is 24.2 Å². The molecule has 1 aromatic carbocycles. The maximum Gasteiger partial charge on any atom is 0.315 e. The molecule has 1 aliphatic rings. The SMILES string of the molecule is NC1(c2ccc(-c3ccc(C(O)C(CF)CNC(=O)C(F)F)cc3)cn2)CC1. The lowest BCUT2D eigenvalue weighted by Crippen LogP contribution is -2.36. The molecule has 1 fully saturated rings. The Balaban J connectivity index is 1.66. The predicted octanol–water partition coefficient (Wildman–Crippen LogP) is 2.70. The second-order valence-electron chi connectivity index (χ2n) is 7.12. The van der Waals surface area contributed by atoms with Gasteiger partial charge in [0.1, 0.15) is 0 Å². The lowest BCUT2D eigenvalue weighted by molar-refractivity contribution is -0.132. The first-order chi connectivity index (χ1) is 13.3. The zero-order valence-electron chi connectivity index (χ0n) is 15.1. The first-order valence-corrected chi connectivity index (χ1v) is 9.00. The number of nitrogens with two attached hydrogens (primary N) is 1. The summed E-state index contributed by atoms with van der Waals surface area (Å²) in [6.07, 6.45) is -0.813. The molecule has 1 saturated carbocycles. The fourth-order valence-electron chi connectivity index (χ4n) is 2.95. The van der Waals surface area contributed by atoms with Crippen LogP contribution in [0.1, 0.15) is 30.2 Å². The molecule has 0 aliphatic heterocycles. The topological polar surface area (TPSA) is 88.2 Å². The summed E-state index contributed by atoms with van der Waals surface area (Å²) < 4.78 is 37.7. The Morgan fingerprint density at radius 2 is 1.82 bits per heavy atom. The molecule has 4 N–H and O–H groups in total. The molecular weight excluding hydrogens is 371 g/mol. The number of halogens is 3. The third kappa shape index (κ3) is 4.51. The number of rotatable bonds is 8. The fourth-order valence-corrected chi connectivity index (χ4v) is 2.95. The highest BCUT2D eigenvalue weighted by atomic mass is 19.3. The normalized spacial score (nSPS) is 17.2. The summed E-state index contributed by atoms with van der Waals surface area (Å²) in [5, 5.41) is 12.3. The minimum absolute atomic E-state index is 0.298. The summed E-state index contributed by atoms with van der Waals surface area (Å²) in [4.78, 5) is 15.4. The van der Waals surface area contributed by atoms with Gasteiger partial charge in [-0.05, 0) is 30.0 Å². The molecule has 0 bridgehead atoms. The van der Waals surface area contributed by atoms with Gasteiger partial charge in [-0.2, -0.15) is 8.78 Å². The second-order valence-corrected chi connectivity index (χ2v) is 7.12. The van der Waals surface area contributed by atoms with Crippen molar-refractivity contribution in [1.82, 2.24) is 10.3 Å². The molecule has 0 radical (unpaired) electrons. The number of aliphatic hydroxyl groups excluding tert-OH is 1. The number of aliphatic hydroxyl groups is 1. The Bertz CT molecular complexity index is 808. The standard InChI is InChI=1S/C20H22F3N3O2/c21-9-15(11-26-19(28)18(22)23)17(27)13-3-1-12(2-4-13)14-5-6-16(25-10-14)20(24)7-8-20/h1-6,10,15,17-18,27H,7-9,11,24H2,(H,26,28). The Morgan fingerprint density at radius 3 is 2.32 bits per heavy atom. The van der Waals surface area contributed by atoms with E-state index < -0.39 is 31.0 Å². The maximum absolute atomic E-state index is 13.2. The summed E-state index contributed by atoms with van der Waals surface area (Å²) >= 11 is 0. The molecule has 150 valence electrons. The zero-order chi connectivity index (χ0) is 20.3. The molecule has 3 rings (SSSR count). The molecule has 0 spiro atoms. The van der Waals surface area contributed by atoms with E-state index in [0.29, 0.717) is 5.56 Å². The molecule has 1 amide bonds. The third-order valence-electron chi connectivity index (χ3n) is 5.03. The van der Waals surface area contributed by atoms with E-state index in [1.54, 1.807) is 30.5 Å². The van der Waals surface area contributed by atoms with Crippen LogP contribution in [0.4, 0.5) is 13.2 Å². The third-order valence-corrected chi connectivity index (χ3v) is 5.03. The summed E-state index contributed by atoms with van der Waals surface area (Å²) in [5.74, 6) is -2.50. The molecule has 1 aliphatic carbocycles. The number of carbonyl (C=O) groups is 1. The highest BCUT2D eigenvalue weighted by Crippen LogP contribution is 2.41. The molecule has 28 heavy (non-hydrogen) atoms. The predicted molar refractivity (Wildman–Crippen MR) is 98.2 cm³/mol. The van der Waals surface area contributed by atoms with E-state index in [2.05, 4.69) is 4.98 Å². The van der Waals surface area contributed by atoms with E-state index in [9.17, 15) is 23.1 Å². The largest absolute Gasteiger partial charge is 0.388 e. The van der Waals surface area contributed by atoms with Gasteiger partial charge < -0.3 is 16.2 Å². The van der Waals surface area contributed by atoms with E-state index in [1.165, 1.54) is 0 Å². The minimum atomic E-state index is -3.18. The Labute approximate surface area is 160 Å². The smallest absolute Gasteiger partial charge is 0.315 e. The molecule has 5 nitrogen and oxygen atoms in total. The van der Waals surface area contributed by atoms with Gasteiger partial charge >= 0.3 is 6.43 Å². The van der Waals surface area contributed by atoms with Crippen LogP contribution < -0.4 is 11.1 Å². The number of alkyl halides is 3. The van der Waals surface area contributed by atoms with Crippen molar-refractivity contribution in [2.45, 2.75) is 30.9 Å². The lowest BCUT2D eigenvalue weighted by Gasteiger charge is -2.21. The van der Waals surface area contributed by atoms with E-state index in [1.807, 2.05) is 17.4 Å². The average Bonchev–Trinajstić information content (AvgIpc) is 3.47. The van der Waals surface area contributed by atoms with E-state index in [-0.39, 0.29) is 12.1 Å². The molecule has 2 unspecified atom stereocenters. The van der Waals surface area contributed by atoms with Crippen molar-refractivity contribution in [1.29, 1.82) is 0 Å². The van der Waals surface area contributed by atoms with Gasteiger partial charge in [-0.15, -0.1) is 0 Å². The number of hydrogen-bond donors (Lipinski definition) is 3. The zero-order valence-corrected chi connectivity index (χ0v) is 15.1. The summed E-state index contributed by atoms with van der Waals surface area (Å²) in [7, 11) is 0. The van der Waals surface area contributed by atoms with Gasteiger partial charge in [-0.3, -0.25) is 14.2 Å². The minimum Gasteiger partial charge on any atom is -0.388 e. The highest BCUT2D eigenvalue weighted by Gasteiger charge is 2.41. The van der Waals surface area contributed by atoms with Gasteiger partial charge in [-0.1, -0.05) is 30.3 Å². The van der Waals surface area contributed by atoms with Crippen molar-refractivity contribution in [2.75, 3.05) is 13.2 Å². The Kier molecular flexibility index (Phi) is 6.00. The fraction of sp³-hybridized carbons (Fsp3) is 0.400. The number of pyridine rings is 1. The van der Waals surface area contributed by atoms with Crippen LogP contribution in [0.3, 0.4) is 0 Å². The molecule has 1 heterocycles. The highest BCUT2D eigenvalue weighted by molar-refractivity contribution is 5.79. The summed E-state index contributed by atoms with van der Waals surface area (Å²) in [6, 6.07) is 10.6. The molecule has 0 saturated heterocycles. The number of amides is 1. The monoisotopic (exact) mass is 393 g/mol. The summed E-state index contributed by atoms with van der Waals surface area (Å²) in [5.41, 5.74) is 8.85. The molecule has 2 atom stereocenters. The Hall–Kier alpha value is -2.45. The first kappa shape index (κ1) is 20.3. The number of benzene rings is 1. The average molecular weight is 393 g/mol. The molecular formula is C20H22F3N3O2. The van der Waals surface area contributed by atoms with Crippen LogP contribution in [0.15, 0.2) is 42.6 Å². The van der Waals surface area contributed by atoms with E-state index in [0.717, 1.165) is 29.7 Å². The van der Waals surface area contributed by atoms with E-state index in [4.69, 9.17) is 5.73 Å². The Morgan fingerprint density at radius 1 is 1.18 bits per heavy atom. The van der Waals surface area contributed by atoms with Crippen LogP contribution in [-0.2, 0) is 10.3 Å². The lowest BCUT2D eigenvalue weighted by atomic mass is 9.95. The van der Waals surface area contributed by atoms with Crippen molar-refractivity contribution in [3.05, 3.63) is 53.9 Å². The van der Waals surface area contributed by atoms with Crippen LogP contribution in [-0.4, -0.2) is 35.6 Å². The van der Waals surface area contributed by atoms with E-state index >= 15 is 0 Å². The van der Waals surface area contributed by atoms with Crippen LogP contribution >= 0.6 is 0 Å². The van der Waals surface area contributed by atoms with Crippen LogP contribution in [0.25, 0.3) is 11.1 Å². The molecule has 1 aromatic heterocycles. The van der Waals surface area contributed by atoms with Gasteiger partial charge in [0.05, 0.1) is 24.0 Å². The van der Waals surface area contributed by atoms with Gasteiger partial charge in [0.25, 0.3) is 5.91 Å². The number of hydrogen-bond acceptors (Lipinski definition) is 4. The molecule has 8 heteroatoms. The number of carbonyl (C=O) groups excluding carboxylic acids is 1. The molecule has 2 aromatic rings. The van der Waals surface area contributed by atoms with Crippen LogP contribution in [0.2, 0.25) is 0 Å². The van der Waals surface area contributed by atoms with Crippen molar-refractivity contribution in [2.24, 2.45) is 11.7 Å². The quantitative estimate of drug-likeness (QED) is 0.644. The van der Waals surface area contributed by atoms with Crippen LogP contribution in [0, 0.1) is 5.92 Å². The summed E-state index contributed by atoms with van der Waals surface area (Å²) in [6.45, 7) is -1.34. The maximum atomic E-state index is 13.2. The number of nitrogens with one attached hydrogen (secondary N) is 1. The second kappa shape index (κ2) is 8.28.